The number of rotatable bonds is 4. The SMILES string of the molecule is C=C(/C=C/c1ccc(C)cc1)C1=C(c2ccccc2)c2ccccc2NC1=C. The van der Waals surface area contributed by atoms with E-state index in [2.05, 4.69) is 104 Å². The van der Waals surface area contributed by atoms with Crippen LogP contribution < -0.4 is 5.32 Å². The standard InChI is InChI=1S/C27H23N/c1-19-13-16-22(17-14-19)18-15-20(2)26-21(3)28-25-12-8-7-11-24(25)27(26)23-9-5-4-6-10-23/h4-18,28H,2-3H2,1H3/b18-15+. The van der Waals surface area contributed by atoms with Gasteiger partial charge >= 0.3 is 0 Å². The Morgan fingerprint density at radius 1 is 0.857 bits per heavy atom. The minimum atomic E-state index is 0.871. The van der Waals surface area contributed by atoms with Crippen LogP contribution in [0, 0.1) is 6.92 Å². The summed E-state index contributed by atoms with van der Waals surface area (Å²) in [6.07, 6.45) is 4.18. The third kappa shape index (κ3) is 3.47. The number of hydrogen-bond acceptors (Lipinski definition) is 1. The predicted molar refractivity (Wildman–Crippen MR) is 121 cm³/mol. The fraction of sp³-hybridized carbons (Fsp3) is 0.0370. The van der Waals surface area contributed by atoms with Crippen LogP contribution in [0.2, 0.25) is 0 Å². The van der Waals surface area contributed by atoms with E-state index in [4.69, 9.17) is 0 Å². The number of fused-ring (bicyclic) bond motifs is 1. The Balaban J connectivity index is 1.82. The van der Waals surface area contributed by atoms with Gasteiger partial charge in [0.25, 0.3) is 0 Å². The van der Waals surface area contributed by atoms with Crippen LogP contribution in [0.25, 0.3) is 11.6 Å². The summed E-state index contributed by atoms with van der Waals surface area (Å²) in [6.45, 7) is 10.8. The lowest BCUT2D eigenvalue weighted by molar-refractivity contribution is 1.33. The summed E-state index contributed by atoms with van der Waals surface area (Å²) < 4.78 is 0. The average molecular weight is 361 g/mol. The second kappa shape index (κ2) is 7.58. The van der Waals surface area contributed by atoms with Crippen molar-refractivity contribution in [2.24, 2.45) is 0 Å². The highest BCUT2D eigenvalue weighted by molar-refractivity contribution is 5.96. The van der Waals surface area contributed by atoms with Gasteiger partial charge in [0, 0.05) is 28.1 Å². The van der Waals surface area contributed by atoms with Gasteiger partial charge in [0.2, 0.25) is 0 Å². The van der Waals surface area contributed by atoms with Gasteiger partial charge in [0.05, 0.1) is 0 Å². The van der Waals surface area contributed by atoms with Gasteiger partial charge in [-0.15, -0.1) is 0 Å². The van der Waals surface area contributed by atoms with E-state index in [-0.39, 0.29) is 0 Å². The number of allylic oxidation sites excluding steroid dienone is 2. The van der Waals surface area contributed by atoms with Crippen molar-refractivity contribution >= 4 is 17.3 Å². The molecule has 0 aromatic heterocycles. The van der Waals surface area contributed by atoms with E-state index in [0.29, 0.717) is 0 Å². The molecule has 1 aliphatic heterocycles. The second-order valence-corrected chi connectivity index (χ2v) is 7.03. The number of hydrogen-bond donors (Lipinski definition) is 1. The maximum absolute atomic E-state index is 4.36. The van der Waals surface area contributed by atoms with Gasteiger partial charge in [0.1, 0.15) is 0 Å². The Labute approximate surface area is 167 Å². The van der Waals surface area contributed by atoms with E-state index in [9.17, 15) is 0 Å². The number of aryl methyl sites for hydroxylation is 1. The summed E-state index contributed by atoms with van der Waals surface area (Å²) in [5.74, 6) is 0. The zero-order valence-electron chi connectivity index (χ0n) is 16.1. The molecule has 1 heteroatoms. The minimum Gasteiger partial charge on any atom is -0.355 e. The quantitative estimate of drug-likeness (QED) is 0.493. The second-order valence-electron chi connectivity index (χ2n) is 7.03. The molecule has 1 heterocycles. The smallest absolute Gasteiger partial charge is 0.0464 e. The average Bonchev–Trinajstić information content (AvgIpc) is 2.72. The Kier molecular flexibility index (Phi) is 4.82. The Hall–Kier alpha value is -3.58. The summed E-state index contributed by atoms with van der Waals surface area (Å²) in [7, 11) is 0. The predicted octanol–water partition coefficient (Wildman–Crippen LogP) is 7.01. The molecule has 4 rings (SSSR count). The van der Waals surface area contributed by atoms with Gasteiger partial charge in [-0.05, 0) is 29.7 Å². The van der Waals surface area contributed by atoms with E-state index < -0.39 is 0 Å². The highest BCUT2D eigenvalue weighted by Gasteiger charge is 2.23. The Bertz CT molecular complexity index is 1100. The van der Waals surface area contributed by atoms with E-state index in [1.54, 1.807) is 0 Å². The van der Waals surface area contributed by atoms with Gasteiger partial charge in [-0.3, -0.25) is 0 Å². The molecule has 3 aromatic rings. The highest BCUT2D eigenvalue weighted by Crippen LogP contribution is 2.41. The Morgan fingerprint density at radius 2 is 1.54 bits per heavy atom. The normalized spacial score (nSPS) is 13.4. The monoisotopic (exact) mass is 361 g/mol. The van der Waals surface area contributed by atoms with Crippen LogP contribution in [0.4, 0.5) is 5.69 Å². The molecule has 136 valence electrons. The largest absolute Gasteiger partial charge is 0.355 e. The molecule has 0 radical (unpaired) electrons. The number of para-hydroxylation sites is 1. The maximum Gasteiger partial charge on any atom is 0.0464 e. The van der Waals surface area contributed by atoms with Crippen LogP contribution in [-0.2, 0) is 0 Å². The molecule has 28 heavy (non-hydrogen) atoms. The molecule has 0 bridgehead atoms. The molecule has 1 N–H and O–H groups in total. The van der Waals surface area contributed by atoms with Gasteiger partial charge in [-0.25, -0.2) is 0 Å². The van der Waals surface area contributed by atoms with E-state index in [0.717, 1.165) is 33.7 Å². The molecule has 0 spiro atoms. The molecule has 3 aromatic carbocycles. The number of benzene rings is 3. The van der Waals surface area contributed by atoms with Gasteiger partial charge in [0.15, 0.2) is 0 Å². The third-order valence-electron chi connectivity index (χ3n) is 4.97. The van der Waals surface area contributed by atoms with E-state index >= 15 is 0 Å². The van der Waals surface area contributed by atoms with E-state index in [1.165, 1.54) is 16.7 Å². The first kappa shape index (κ1) is 17.8. The van der Waals surface area contributed by atoms with Crippen LogP contribution in [0.3, 0.4) is 0 Å². The van der Waals surface area contributed by atoms with Crippen molar-refractivity contribution in [3.8, 4) is 0 Å². The lowest BCUT2D eigenvalue weighted by atomic mass is 9.85. The molecule has 0 unspecified atom stereocenters. The molecule has 0 aliphatic carbocycles. The summed E-state index contributed by atoms with van der Waals surface area (Å²) in [6, 6.07) is 27.3. The first-order valence-corrected chi connectivity index (χ1v) is 9.43. The van der Waals surface area contributed by atoms with Crippen molar-refractivity contribution in [2.75, 3.05) is 5.32 Å². The topological polar surface area (TPSA) is 12.0 Å². The van der Waals surface area contributed by atoms with Crippen molar-refractivity contribution in [3.05, 3.63) is 137 Å². The van der Waals surface area contributed by atoms with Crippen LogP contribution in [0.1, 0.15) is 22.3 Å². The lowest BCUT2D eigenvalue weighted by Gasteiger charge is -2.27. The van der Waals surface area contributed by atoms with Crippen molar-refractivity contribution in [1.82, 2.24) is 0 Å². The van der Waals surface area contributed by atoms with Crippen molar-refractivity contribution in [1.29, 1.82) is 0 Å². The molecule has 0 saturated carbocycles. The summed E-state index contributed by atoms with van der Waals surface area (Å²) >= 11 is 0. The summed E-state index contributed by atoms with van der Waals surface area (Å²) in [5, 5.41) is 3.45. The maximum atomic E-state index is 4.36. The fourth-order valence-corrected chi connectivity index (χ4v) is 3.54. The fourth-order valence-electron chi connectivity index (χ4n) is 3.54. The number of nitrogens with one attached hydrogen (secondary N) is 1. The number of anilines is 1. The first-order valence-electron chi connectivity index (χ1n) is 9.43. The van der Waals surface area contributed by atoms with Gasteiger partial charge in [-0.1, -0.05) is 104 Å². The van der Waals surface area contributed by atoms with Gasteiger partial charge in [-0.2, -0.15) is 0 Å². The van der Waals surface area contributed by atoms with Gasteiger partial charge < -0.3 is 5.32 Å². The van der Waals surface area contributed by atoms with Crippen LogP contribution in [0.15, 0.2) is 115 Å². The lowest BCUT2D eigenvalue weighted by Crippen LogP contribution is -2.13. The van der Waals surface area contributed by atoms with Crippen molar-refractivity contribution in [2.45, 2.75) is 6.92 Å². The van der Waals surface area contributed by atoms with Crippen LogP contribution >= 0.6 is 0 Å². The highest BCUT2D eigenvalue weighted by atomic mass is 14.9. The van der Waals surface area contributed by atoms with E-state index in [1.807, 2.05) is 12.1 Å². The Morgan fingerprint density at radius 3 is 2.29 bits per heavy atom. The summed E-state index contributed by atoms with van der Waals surface area (Å²) in [5.41, 5.74) is 9.84. The first-order chi connectivity index (χ1) is 13.6. The molecule has 1 nitrogen and oxygen atoms in total. The molecule has 0 fully saturated rings. The zero-order valence-corrected chi connectivity index (χ0v) is 16.1. The van der Waals surface area contributed by atoms with Crippen LogP contribution in [0.5, 0.6) is 0 Å². The molecular formula is C27H23N. The van der Waals surface area contributed by atoms with Crippen molar-refractivity contribution in [3.63, 3.8) is 0 Å². The summed E-state index contributed by atoms with van der Waals surface area (Å²) in [4.78, 5) is 0. The molecule has 0 amide bonds. The van der Waals surface area contributed by atoms with Crippen LogP contribution in [-0.4, -0.2) is 0 Å². The third-order valence-corrected chi connectivity index (χ3v) is 4.97. The zero-order chi connectivity index (χ0) is 19.5. The van der Waals surface area contributed by atoms with Crippen molar-refractivity contribution < 1.29 is 0 Å². The molecule has 0 saturated heterocycles. The molecule has 0 atom stereocenters. The minimum absolute atomic E-state index is 0.871. The molecule has 1 aliphatic rings. The molecular weight excluding hydrogens is 338 g/mol.